The maximum Gasteiger partial charge on any atom is 0.345 e. The Hall–Kier alpha value is -2.74. The van der Waals surface area contributed by atoms with Crippen molar-refractivity contribution in [3.8, 4) is 0 Å². The quantitative estimate of drug-likeness (QED) is 0.244. The van der Waals surface area contributed by atoms with Crippen molar-refractivity contribution in [2.75, 3.05) is 0 Å². The SMILES string of the molecule is Cc1c(C)c(C)c2c(c1C)c(C)c(C)c(C)[n+]2C[n+]1c(C)c(C)c(CC(C)C)c2c(C)c(C)c(C)c(C)c21. The fourth-order valence-electron chi connectivity index (χ4n) is 6.85. The molecular weight excluding hydrogens is 460 g/mol. The maximum absolute atomic E-state index is 2.63. The van der Waals surface area contributed by atoms with Crippen LogP contribution in [0.3, 0.4) is 0 Å². The summed E-state index contributed by atoms with van der Waals surface area (Å²) in [6.07, 6.45) is 1.11. The van der Waals surface area contributed by atoms with Gasteiger partial charge in [-0.2, -0.15) is 0 Å². The van der Waals surface area contributed by atoms with Crippen molar-refractivity contribution in [3.05, 3.63) is 78.1 Å². The van der Waals surface area contributed by atoms with E-state index < -0.39 is 0 Å². The van der Waals surface area contributed by atoms with Crippen molar-refractivity contribution in [1.29, 1.82) is 0 Å². The van der Waals surface area contributed by atoms with E-state index in [1.54, 1.807) is 0 Å². The maximum atomic E-state index is 2.63. The lowest BCUT2D eigenvalue weighted by atomic mass is 9.86. The topological polar surface area (TPSA) is 7.76 Å². The fraction of sp³-hybridized carbons (Fsp3) is 0.500. The Morgan fingerprint density at radius 2 is 0.789 bits per heavy atom. The second-order valence-corrected chi connectivity index (χ2v) is 12.6. The van der Waals surface area contributed by atoms with Crippen LogP contribution in [0.1, 0.15) is 92.0 Å². The molecule has 0 aliphatic rings. The summed E-state index contributed by atoms with van der Waals surface area (Å²) in [5.74, 6) is 0.616. The largest absolute Gasteiger partial charge is 0.345 e. The number of aromatic nitrogens is 2. The first-order valence-electron chi connectivity index (χ1n) is 14.4. The molecule has 0 unspecified atom stereocenters. The standard InChI is InChI=1S/C36H50N2/c1-18(2)16-32-29(13)31(15)38(36-28(12)22(6)20(4)25(9)34(32)36)17-37-30(14)23(7)26(10)33-24(8)19(3)21(5)27(11)35(33)37/h18H,16-17H2,1-15H3/q+2. The molecule has 4 rings (SSSR count). The Morgan fingerprint density at radius 3 is 1.26 bits per heavy atom. The lowest BCUT2D eigenvalue weighted by molar-refractivity contribution is -0.895. The summed E-state index contributed by atoms with van der Waals surface area (Å²) in [4.78, 5) is 0. The molecule has 2 aromatic carbocycles. The van der Waals surface area contributed by atoms with Crippen LogP contribution in [0.2, 0.25) is 0 Å². The molecule has 0 fully saturated rings. The summed E-state index contributed by atoms with van der Waals surface area (Å²) >= 11 is 0. The summed E-state index contributed by atoms with van der Waals surface area (Å²) in [6, 6.07) is 0. The van der Waals surface area contributed by atoms with Crippen LogP contribution in [0.15, 0.2) is 0 Å². The third kappa shape index (κ3) is 3.98. The second-order valence-electron chi connectivity index (χ2n) is 12.6. The lowest BCUT2D eigenvalue weighted by Crippen LogP contribution is -2.56. The molecular formula is C36H50N2+2. The van der Waals surface area contributed by atoms with Crippen LogP contribution >= 0.6 is 0 Å². The molecule has 0 bridgehead atoms. The fourth-order valence-corrected chi connectivity index (χ4v) is 6.85. The van der Waals surface area contributed by atoms with Gasteiger partial charge in [-0.25, -0.2) is 0 Å². The normalized spacial score (nSPS) is 12.0. The molecule has 2 nitrogen and oxygen atoms in total. The number of hydrogen-bond donors (Lipinski definition) is 0. The average Bonchev–Trinajstić information content (AvgIpc) is 2.87. The zero-order chi connectivity index (χ0) is 28.5. The minimum atomic E-state index is 0.616. The third-order valence-electron chi connectivity index (χ3n) is 10.3. The average molecular weight is 511 g/mol. The number of hydrogen-bond acceptors (Lipinski definition) is 0. The zero-order valence-electron chi connectivity index (χ0n) is 26.9. The minimum Gasteiger partial charge on any atom is -0.136 e. The molecule has 4 aromatic rings. The van der Waals surface area contributed by atoms with Gasteiger partial charge in [-0.15, -0.1) is 9.13 Å². The predicted molar refractivity (Wildman–Crippen MR) is 164 cm³/mol. The van der Waals surface area contributed by atoms with Gasteiger partial charge in [0, 0.05) is 36.1 Å². The molecule has 38 heavy (non-hydrogen) atoms. The van der Waals surface area contributed by atoms with E-state index in [9.17, 15) is 0 Å². The molecule has 2 aromatic heterocycles. The third-order valence-corrected chi connectivity index (χ3v) is 10.3. The number of nitrogens with zero attached hydrogens (tertiary/aromatic N) is 2. The minimum absolute atomic E-state index is 0.616. The van der Waals surface area contributed by atoms with Gasteiger partial charge in [0.25, 0.3) is 0 Å². The van der Waals surface area contributed by atoms with Gasteiger partial charge in [0.2, 0.25) is 11.0 Å². The van der Waals surface area contributed by atoms with Crippen molar-refractivity contribution in [3.63, 3.8) is 0 Å². The highest BCUT2D eigenvalue weighted by molar-refractivity contribution is 5.90. The number of aryl methyl sites for hydroxylation is 5. The van der Waals surface area contributed by atoms with Gasteiger partial charge >= 0.3 is 6.67 Å². The zero-order valence-corrected chi connectivity index (χ0v) is 26.9. The van der Waals surface area contributed by atoms with E-state index in [4.69, 9.17) is 0 Å². The van der Waals surface area contributed by atoms with Gasteiger partial charge in [0.1, 0.15) is 0 Å². The first kappa shape index (κ1) is 28.3. The van der Waals surface area contributed by atoms with Gasteiger partial charge < -0.3 is 0 Å². The molecule has 2 heterocycles. The van der Waals surface area contributed by atoms with E-state index in [1.165, 1.54) is 100.0 Å². The van der Waals surface area contributed by atoms with E-state index >= 15 is 0 Å². The van der Waals surface area contributed by atoms with Gasteiger partial charge in [-0.3, -0.25) is 0 Å². The Balaban J connectivity index is 2.22. The highest BCUT2D eigenvalue weighted by Crippen LogP contribution is 2.34. The lowest BCUT2D eigenvalue weighted by Gasteiger charge is -2.21. The summed E-state index contributed by atoms with van der Waals surface area (Å²) < 4.78 is 5.25. The van der Waals surface area contributed by atoms with Crippen LogP contribution in [0.5, 0.6) is 0 Å². The summed E-state index contributed by atoms with van der Waals surface area (Å²) in [6.45, 7) is 35.7. The van der Waals surface area contributed by atoms with Crippen molar-refractivity contribution >= 4 is 21.8 Å². The molecule has 0 spiro atoms. The van der Waals surface area contributed by atoms with Crippen molar-refractivity contribution in [1.82, 2.24) is 0 Å². The van der Waals surface area contributed by atoms with Gasteiger partial charge in [0.05, 0.1) is 10.8 Å². The Morgan fingerprint density at radius 1 is 0.421 bits per heavy atom. The van der Waals surface area contributed by atoms with Crippen LogP contribution < -0.4 is 9.13 Å². The number of pyridine rings is 2. The first-order chi connectivity index (χ1) is 17.6. The highest BCUT2D eigenvalue weighted by atomic mass is 15.2. The van der Waals surface area contributed by atoms with E-state index in [2.05, 4.69) is 113 Å². The van der Waals surface area contributed by atoms with Crippen molar-refractivity contribution in [2.24, 2.45) is 5.92 Å². The van der Waals surface area contributed by atoms with Crippen LogP contribution in [-0.2, 0) is 13.1 Å². The number of benzene rings is 2. The molecule has 0 saturated carbocycles. The van der Waals surface area contributed by atoms with E-state index in [0.717, 1.165) is 13.1 Å². The monoisotopic (exact) mass is 510 g/mol. The highest BCUT2D eigenvalue weighted by Gasteiger charge is 2.32. The van der Waals surface area contributed by atoms with Crippen LogP contribution in [-0.4, -0.2) is 0 Å². The predicted octanol–water partition coefficient (Wildman–Crippen LogP) is 8.28. The second kappa shape index (κ2) is 9.78. The molecule has 0 aliphatic heterocycles. The van der Waals surface area contributed by atoms with Crippen LogP contribution in [0, 0.1) is 95.9 Å². The molecule has 0 aliphatic carbocycles. The molecule has 0 N–H and O–H groups in total. The van der Waals surface area contributed by atoms with Crippen molar-refractivity contribution < 1.29 is 9.13 Å². The van der Waals surface area contributed by atoms with Crippen LogP contribution in [0.25, 0.3) is 21.8 Å². The smallest absolute Gasteiger partial charge is 0.136 e. The summed E-state index contributed by atoms with van der Waals surface area (Å²) in [5.41, 5.74) is 22.8. The molecule has 0 radical (unpaired) electrons. The summed E-state index contributed by atoms with van der Waals surface area (Å²) in [5, 5.41) is 2.91. The molecule has 0 saturated heterocycles. The van der Waals surface area contributed by atoms with Crippen molar-refractivity contribution in [2.45, 2.75) is 117 Å². The van der Waals surface area contributed by atoms with Gasteiger partial charge in [-0.1, -0.05) is 13.8 Å². The van der Waals surface area contributed by atoms with E-state index in [0.29, 0.717) is 5.92 Å². The number of fused-ring (bicyclic) bond motifs is 2. The van der Waals surface area contributed by atoms with Crippen LogP contribution in [0.4, 0.5) is 0 Å². The molecule has 2 heteroatoms. The molecule has 0 atom stereocenters. The Labute approximate surface area is 231 Å². The summed E-state index contributed by atoms with van der Waals surface area (Å²) in [7, 11) is 0. The Bertz CT molecular complexity index is 1640. The van der Waals surface area contributed by atoms with E-state index in [1.807, 2.05) is 0 Å². The first-order valence-corrected chi connectivity index (χ1v) is 14.4. The van der Waals surface area contributed by atoms with E-state index in [-0.39, 0.29) is 0 Å². The number of rotatable bonds is 4. The van der Waals surface area contributed by atoms with Gasteiger partial charge in [-0.05, 0) is 133 Å². The van der Waals surface area contributed by atoms with Gasteiger partial charge in [0.15, 0.2) is 11.4 Å². The molecule has 202 valence electrons. The molecule has 0 amide bonds. The Kier molecular flexibility index (Phi) is 7.27.